The zero-order valence-corrected chi connectivity index (χ0v) is 14.6. The van der Waals surface area contributed by atoms with Crippen LogP contribution in [0.4, 0.5) is 4.39 Å². The Bertz CT molecular complexity index is 748. The van der Waals surface area contributed by atoms with Crippen LogP contribution in [-0.2, 0) is 6.54 Å². The topological polar surface area (TPSA) is 58.1 Å². The highest BCUT2D eigenvalue weighted by Gasteiger charge is 2.22. The number of likely N-dealkylation sites (tertiary alicyclic amines) is 1. The van der Waals surface area contributed by atoms with Crippen molar-refractivity contribution < 1.29 is 9.18 Å². The van der Waals surface area contributed by atoms with Crippen LogP contribution in [0.5, 0.6) is 0 Å². The molecule has 5 nitrogen and oxygen atoms in total. The molecule has 6 heteroatoms. The number of amides is 1. The second-order valence-corrected chi connectivity index (χ2v) is 6.66. The fraction of sp³-hybridized carbons (Fsp3) is 0.421. The van der Waals surface area contributed by atoms with Crippen LogP contribution in [0.2, 0.25) is 0 Å². The Hall–Kier alpha value is -2.34. The van der Waals surface area contributed by atoms with Crippen molar-refractivity contribution in [2.24, 2.45) is 0 Å². The molecule has 2 heterocycles. The Labute approximate surface area is 147 Å². The van der Waals surface area contributed by atoms with Crippen LogP contribution in [0.3, 0.4) is 0 Å². The number of likely N-dealkylation sites (N-methyl/N-ethyl adjacent to an activating group) is 1. The predicted octanol–water partition coefficient (Wildman–Crippen LogP) is 2.66. The normalized spacial score (nSPS) is 18.1. The van der Waals surface area contributed by atoms with Crippen molar-refractivity contribution >= 4 is 5.91 Å². The number of carbonyl (C=O) groups is 1. The van der Waals surface area contributed by atoms with Gasteiger partial charge in [-0.1, -0.05) is 12.1 Å². The van der Waals surface area contributed by atoms with E-state index in [9.17, 15) is 9.18 Å². The van der Waals surface area contributed by atoms with Crippen LogP contribution < -0.4 is 5.32 Å². The highest BCUT2D eigenvalue weighted by atomic mass is 19.1. The first-order valence-electron chi connectivity index (χ1n) is 8.58. The zero-order valence-electron chi connectivity index (χ0n) is 14.6. The number of rotatable bonds is 4. The summed E-state index contributed by atoms with van der Waals surface area (Å²) in [5, 5.41) is 2.84. The summed E-state index contributed by atoms with van der Waals surface area (Å²) in [6, 6.07) is 7.78. The summed E-state index contributed by atoms with van der Waals surface area (Å²) >= 11 is 0. The van der Waals surface area contributed by atoms with E-state index in [0.29, 0.717) is 12.2 Å². The molecule has 1 amide bonds. The lowest BCUT2D eigenvalue weighted by Gasteiger charge is -2.28. The van der Waals surface area contributed by atoms with E-state index in [1.165, 1.54) is 12.1 Å². The Morgan fingerprint density at radius 2 is 2.08 bits per heavy atom. The molecule has 1 saturated heterocycles. The van der Waals surface area contributed by atoms with Crippen molar-refractivity contribution in [2.75, 3.05) is 20.1 Å². The summed E-state index contributed by atoms with van der Waals surface area (Å²) < 4.78 is 12.9. The van der Waals surface area contributed by atoms with Crippen molar-refractivity contribution in [2.45, 2.75) is 32.2 Å². The second kappa shape index (κ2) is 7.70. The van der Waals surface area contributed by atoms with Crippen molar-refractivity contribution in [3.8, 4) is 0 Å². The van der Waals surface area contributed by atoms with E-state index in [-0.39, 0.29) is 17.6 Å². The van der Waals surface area contributed by atoms with Gasteiger partial charge in [-0.2, -0.15) is 0 Å². The number of hydrogen-bond donors (Lipinski definition) is 1. The van der Waals surface area contributed by atoms with Gasteiger partial charge in [0, 0.05) is 24.7 Å². The lowest BCUT2D eigenvalue weighted by atomic mass is 9.97. The average Bonchev–Trinajstić information content (AvgIpc) is 2.60. The number of halogens is 1. The van der Waals surface area contributed by atoms with E-state index in [1.807, 2.05) is 6.92 Å². The molecule has 0 radical (unpaired) electrons. The van der Waals surface area contributed by atoms with Gasteiger partial charge in [0.25, 0.3) is 5.91 Å². The molecule has 3 rings (SSSR count). The summed E-state index contributed by atoms with van der Waals surface area (Å²) in [6.07, 6.45) is 2.16. The summed E-state index contributed by atoms with van der Waals surface area (Å²) in [7, 11) is 2.10. The van der Waals surface area contributed by atoms with Crippen molar-refractivity contribution in [1.29, 1.82) is 0 Å². The van der Waals surface area contributed by atoms with Gasteiger partial charge in [0.05, 0.1) is 0 Å². The number of nitrogens with one attached hydrogen (secondary N) is 1. The van der Waals surface area contributed by atoms with E-state index in [2.05, 4.69) is 27.2 Å². The van der Waals surface area contributed by atoms with Gasteiger partial charge in [-0.15, -0.1) is 0 Å². The lowest BCUT2D eigenvalue weighted by molar-refractivity contribution is 0.0945. The van der Waals surface area contributed by atoms with Gasteiger partial charge in [0.2, 0.25) is 0 Å². The minimum absolute atomic E-state index is 0.236. The molecule has 1 N–H and O–H groups in total. The Morgan fingerprint density at radius 1 is 1.32 bits per heavy atom. The first-order chi connectivity index (χ1) is 12.0. The van der Waals surface area contributed by atoms with Crippen LogP contribution in [0, 0.1) is 12.7 Å². The van der Waals surface area contributed by atoms with Crippen LogP contribution >= 0.6 is 0 Å². The molecule has 0 saturated carbocycles. The number of nitrogens with zero attached hydrogens (tertiary/aromatic N) is 3. The van der Waals surface area contributed by atoms with Crippen LogP contribution in [0.15, 0.2) is 30.3 Å². The summed E-state index contributed by atoms with van der Waals surface area (Å²) in [6.45, 7) is 4.23. The molecule has 25 heavy (non-hydrogen) atoms. The van der Waals surface area contributed by atoms with Crippen molar-refractivity contribution in [1.82, 2.24) is 20.2 Å². The summed E-state index contributed by atoms with van der Waals surface area (Å²) in [4.78, 5) is 23.8. The quantitative estimate of drug-likeness (QED) is 0.928. The third-order valence-electron chi connectivity index (χ3n) is 4.46. The third kappa shape index (κ3) is 4.60. The predicted molar refractivity (Wildman–Crippen MR) is 93.8 cm³/mol. The Morgan fingerprint density at radius 3 is 2.80 bits per heavy atom. The monoisotopic (exact) mass is 342 g/mol. The van der Waals surface area contributed by atoms with Gasteiger partial charge >= 0.3 is 0 Å². The number of piperidine rings is 1. The van der Waals surface area contributed by atoms with E-state index < -0.39 is 0 Å². The molecule has 1 fully saturated rings. The maximum absolute atomic E-state index is 12.9. The molecular formula is C19H23FN4O. The average molecular weight is 342 g/mol. The number of carbonyl (C=O) groups excluding carboxylic acids is 1. The molecule has 1 aliphatic heterocycles. The van der Waals surface area contributed by atoms with Gasteiger partial charge in [-0.05, 0) is 57.1 Å². The molecule has 2 aromatic rings. The fourth-order valence-electron chi connectivity index (χ4n) is 3.14. The number of hydrogen-bond acceptors (Lipinski definition) is 4. The molecule has 132 valence electrons. The van der Waals surface area contributed by atoms with E-state index in [0.717, 1.165) is 43.0 Å². The smallest absolute Gasteiger partial charge is 0.270 e. The minimum atomic E-state index is -0.288. The van der Waals surface area contributed by atoms with Crippen LogP contribution in [-0.4, -0.2) is 40.9 Å². The summed E-state index contributed by atoms with van der Waals surface area (Å²) in [5.74, 6) is 0.490. The zero-order chi connectivity index (χ0) is 17.8. The highest BCUT2D eigenvalue weighted by Crippen LogP contribution is 2.24. The highest BCUT2D eigenvalue weighted by molar-refractivity contribution is 5.92. The molecule has 0 bridgehead atoms. The molecular weight excluding hydrogens is 319 g/mol. The lowest BCUT2D eigenvalue weighted by Crippen LogP contribution is -2.32. The van der Waals surface area contributed by atoms with Crippen molar-refractivity contribution in [3.63, 3.8) is 0 Å². The SMILES string of the molecule is Cc1cc(C(=O)NCc2ccc(F)cc2)nc(C2CCCN(C)C2)n1. The van der Waals surface area contributed by atoms with Gasteiger partial charge in [-0.3, -0.25) is 4.79 Å². The van der Waals surface area contributed by atoms with Gasteiger partial charge < -0.3 is 10.2 Å². The first-order valence-corrected chi connectivity index (χ1v) is 8.58. The van der Waals surface area contributed by atoms with Gasteiger partial charge in [-0.25, -0.2) is 14.4 Å². The Kier molecular flexibility index (Phi) is 5.38. The van der Waals surface area contributed by atoms with Crippen molar-refractivity contribution in [3.05, 3.63) is 58.9 Å². The van der Waals surface area contributed by atoms with E-state index >= 15 is 0 Å². The second-order valence-electron chi connectivity index (χ2n) is 6.66. The summed E-state index contributed by atoms with van der Waals surface area (Å²) in [5.41, 5.74) is 2.03. The maximum atomic E-state index is 12.9. The molecule has 0 spiro atoms. The van der Waals surface area contributed by atoms with Crippen LogP contribution in [0.25, 0.3) is 0 Å². The molecule has 1 aromatic carbocycles. The maximum Gasteiger partial charge on any atom is 0.270 e. The molecule has 1 unspecified atom stereocenters. The van der Waals surface area contributed by atoms with Gasteiger partial charge in [0.15, 0.2) is 0 Å². The largest absolute Gasteiger partial charge is 0.347 e. The van der Waals surface area contributed by atoms with E-state index in [4.69, 9.17) is 0 Å². The fourth-order valence-corrected chi connectivity index (χ4v) is 3.14. The Balaban J connectivity index is 1.70. The third-order valence-corrected chi connectivity index (χ3v) is 4.46. The number of aryl methyl sites for hydroxylation is 1. The standard InChI is InChI=1S/C19H23FN4O/c1-13-10-17(19(25)21-11-14-5-7-16(20)8-6-14)23-18(22-13)15-4-3-9-24(2)12-15/h5-8,10,15H,3-4,9,11-12H2,1-2H3,(H,21,25). The molecule has 1 atom stereocenters. The van der Waals surface area contributed by atoms with Crippen LogP contribution in [0.1, 0.15) is 46.3 Å². The number of aromatic nitrogens is 2. The number of benzene rings is 1. The minimum Gasteiger partial charge on any atom is -0.347 e. The van der Waals surface area contributed by atoms with E-state index in [1.54, 1.807) is 18.2 Å². The molecule has 1 aromatic heterocycles. The first kappa shape index (κ1) is 17.5. The van der Waals surface area contributed by atoms with Gasteiger partial charge in [0.1, 0.15) is 17.3 Å². The molecule has 0 aliphatic carbocycles. The molecule has 1 aliphatic rings.